The van der Waals surface area contributed by atoms with Crippen LogP contribution in [0.4, 0.5) is 11.4 Å². The maximum Gasteiger partial charge on any atom is 0.293 e. The first-order valence-corrected chi connectivity index (χ1v) is 8.34. The number of nitrogens with one attached hydrogen (secondary N) is 1. The standard InChI is InChI=1S/C17H21N3O6/c1-3-18-15(22)10-26-14-6-5-13(20(24)25)17-12(14)8-9-19(17)16(23)7-4-11(2)21/h5-6H,3-4,7-10H2,1-2H3,(H,18,22). The van der Waals surface area contributed by atoms with Gasteiger partial charge in [0, 0.05) is 37.6 Å². The molecule has 0 saturated carbocycles. The van der Waals surface area contributed by atoms with E-state index in [0.29, 0.717) is 24.3 Å². The number of benzene rings is 1. The summed E-state index contributed by atoms with van der Waals surface area (Å²) in [6, 6.07) is 2.71. The van der Waals surface area contributed by atoms with Gasteiger partial charge >= 0.3 is 0 Å². The highest BCUT2D eigenvalue weighted by Crippen LogP contribution is 2.42. The minimum Gasteiger partial charge on any atom is -0.483 e. The zero-order valence-electron chi connectivity index (χ0n) is 14.7. The summed E-state index contributed by atoms with van der Waals surface area (Å²) in [7, 11) is 0. The molecule has 1 aromatic rings. The summed E-state index contributed by atoms with van der Waals surface area (Å²) in [5, 5.41) is 14.0. The minimum absolute atomic E-state index is 0.00405. The summed E-state index contributed by atoms with van der Waals surface area (Å²) in [4.78, 5) is 47.2. The Kier molecular flexibility index (Phi) is 6.26. The van der Waals surface area contributed by atoms with Crippen LogP contribution in [0.5, 0.6) is 5.75 Å². The van der Waals surface area contributed by atoms with E-state index in [4.69, 9.17) is 4.74 Å². The van der Waals surface area contributed by atoms with E-state index in [-0.39, 0.29) is 55.0 Å². The molecule has 26 heavy (non-hydrogen) atoms. The zero-order valence-corrected chi connectivity index (χ0v) is 14.7. The fourth-order valence-corrected chi connectivity index (χ4v) is 2.83. The SMILES string of the molecule is CCNC(=O)COc1ccc([N+](=O)[O-])c2c1CCN2C(=O)CCC(C)=O. The molecular weight excluding hydrogens is 342 g/mol. The summed E-state index contributed by atoms with van der Waals surface area (Å²) in [5.74, 6) is -0.417. The molecule has 0 spiro atoms. The largest absolute Gasteiger partial charge is 0.483 e. The molecule has 1 heterocycles. The topological polar surface area (TPSA) is 119 Å². The molecule has 0 aliphatic carbocycles. The number of Topliss-reactive ketones (excluding diaryl/α,β-unsaturated/α-hetero) is 1. The van der Waals surface area contributed by atoms with Gasteiger partial charge in [-0.25, -0.2) is 0 Å². The molecule has 9 nitrogen and oxygen atoms in total. The summed E-state index contributed by atoms with van der Waals surface area (Å²) < 4.78 is 5.50. The van der Waals surface area contributed by atoms with Crippen LogP contribution in [0.1, 0.15) is 32.3 Å². The van der Waals surface area contributed by atoms with E-state index >= 15 is 0 Å². The number of amides is 2. The van der Waals surface area contributed by atoms with Crippen molar-refractivity contribution in [1.82, 2.24) is 5.32 Å². The number of carbonyl (C=O) groups is 3. The minimum atomic E-state index is -0.553. The highest BCUT2D eigenvalue weighted by atomic mass is 16.6. The number of nitro groups is 1. The molecule has 0 saturated heterocycles. The normalized spacial score (nSPS) is 12.5. The van der Waals surface area contributed by atoms with E-state index in [1.807, 2.05) is 0 Å². The van der Waals surface area contributed by atoms with Crippen LogP contribution in [-0.2, 0) is 20.8 Å². The van der Waals surface area contributed by atoms with Crippen molar-refractivity contribution in [3.8, 4) is 5.75 Å². The molecule has 1 aromatic carbocycles. The summed E-state index contributed by atoms with van der Waals surface area (Å²) in [5.41, 5.74) is 0.524. The molecule has 0 unspecified atom stereocenters. The quantitative estimate of drug-likeness (QED) is 0.550. The zero-order chi connectivity index (χ0) is 19.3. The molecule has 9 heteroatoms. The molecule has 0 bridgehead atoms. The number of nitrogens with zero attached hydrogens (tertiary/aromatic N) is 2. The lowest BCUT2D eigenvalue weighted by molar-refractivity contribution is -0.384. The summed E-state index contributed by atoms with van der Waals surface area (Å²) in [6.07, 6.45) is 0.468. The van der Waals surface area contributed by atoms with Gasteiger partial charge in [-0.05, 0) is 26.3 Å². The Balaban J connectivity index is 2.29. The van der Waals surface area contributed by atoms with Gasteiger partial charge in [-0.1, -0.05) is 0 Å². The Morgan fingerprint density at radius 1 is 1.31 bits per heavy atom. The van der Waals surface area contributed by atoms with E-state index in [1.165, 1.54) is 24.0 Å². The van der Waals surface area contributed by atoms with Gasteiger partial charge in [0.2, 0.25) is 5.91 Å². The van der Waals surface area contributed by atoms with Gasteiger partial charge in [-0.15, -0.1) is 0 Å². The summed E-state index contributed by atoms with van der Waals surface area (Å²) >= 11 is 0. The second kappa shape index (κ2) is 8.41. The van der Waals surface area contributed by atoms with Crippen molar-refractivity contribution in [2.45, 2.75) is 33.1 Å². The maximum absolute atomic E-state index is 12.4. The number of ether oxygens (including phenoxy) is 1. The van der Waals surface area contributed by atoms with Gasteiger partial charge in [0.25, 0.3) is 11.6 Å². The van der Waals surface area contributed by atoms with Gasteiger partial charge in [0.1, 0.15) is 17.2 Å². The highest BCUT2D eigenvalue weighted by Gasteiger charge is 2.34. The molecule has 2 rings (SSSR count). The first kappa shape index (κ1) is 19.4. The molecule has 140 valence electrons. The number of rotatable bonds is 8. The first-order chi connectivity index (χ1) is 12.3. The van der Waals surface area contributed by atoms with Crippen LogP contribution >= 0.6 is 0 Å². The van der Waals surface area contributed by atoms with Crippen molar-refractivity contribution < 1.29 is 24.0 Å². The molecule has 1 aliphatic heterocycles. The van der Waals surface area contributed by atoms with Gasteiger partial charge in [0.15, 0.2) is 6.61 Å². The van der Waals surface area contributed by atoms with Crippen LogP contribution in [-0.4, -0.2) is 42.2 Å². The average Bonchev–Trinajstić information content (AvgIpc) is 3.02. The predicted octanol–water partition coefficient (Wildman–Crippen LogP) is 1.37. The molecule has 1 aliphatic rings. The molecule has 0 atom stereocenters. The lowest BCUT2D eigenvalue weighted by Crippen LogP contribution is -2.29. The number of fused-ring (bicyclic) bond motifs is 1. The van der Waals surface area contributed by atoms with Crippen LogP contribution in [0.3, 0.4) is 0 Å². The second-order valence-corrected chi connectivity index (χ2v) is 5.91. The van der Waals surface area contributed by atoms with E-state index < -0.39 is 4.92 Å². The van der Waals surface area contributed by atoms with Gasteiger partial charge in [-0.2, -0.15) is 0 Å². The monoisotopic (exact) mass is 363 g/mol. The number of ketones is 1. The Morgan fingerprint density at radius 2 is 2.04 bits per heavy atom. The third-order valence-electron chi connectivity index (χ3n) is 4.00. The van der Waals surface area contributed by atoms with Gasteiger partial charge < -0.3 is 19.7 Å². The molecule has 1 N–H and O–H groups in total. The molecular formula is C17H21N3O6. The van der Waals surface area contributed by atoms with E-state index in [9.17, 15) is 24.5 Å². The lowest BCUT2D eigenvalue weighted by Gasteiger charge is -2.17. The highest BCUT2D eigenvalue weighted by molar-refractivity contribution is 6.00. The van der Waals surface area contributed by atoms with Crippen molar-refractivity contribution in [2.24, 2.45) is 0 Å². The van der Waals surface area contributed by atoms with Crippen LogP contribution in [0.25, 0.3) is 0 Å². The van der Waals surface area contributed by atoms with Crippen molar-refractivity contribution in [3.05, 3.63) is 27.8 Å². The summed E-state index contributed by atoms with van der Waals surface area (Å²) in [6.45, 7) is 3.71. The van der Waals surface area contributed by atoms with E-state index in [0.717, 1.165) is 0 Å². The van der Waals surface area contributed by atoms with Crippen LogP contribution in [0.15, 0.2) is 12.1 Å². The Hall–Kier alpha value is -2.97. The van der Waals surface area contributed by atoms with Crippen molar-refractivity contribution in [3.63, 3.8) is 0 Å². The first-order valence-electron chi connectivity index (χ1n) is 8.34. The molecule has 0 aromatic heterocycles. The van der Waals surface area contributed by atoms with Crippen molar-refractivity contribution in [1.29, 1.82) is 0 Å². The van der Waals surface area contributed by atoms with Crippen molar-refractivity contribution in [2.75, 3.05) is 24.6 Å². The van der Waals surface area contributed by atoms with Crippen molar-refractivity contribution >= 4 is 29.0 Å². The number of nitro benzene ring substituents is 1. The van der Waals surface area contributed by atoms with Crippen LogP contribution < -0.4 is 15.0 Å². The third-order valence-corrected chi connectivity index (χ3v) is 4.00. The number of likely N-dealkylation sites (N-methyl/N-ethyl adjacent to an activating group) is 1. The smallest absolute Gasteiger partial charge is 0.293 e. The number of carbonyl (C=O) groups excluding carboxylic acids is 3. The average molecular weight is 363 g/mol. The fraction of sp³-hybridized carbons (Fsp3) is 0.471. The Labute approximate surface area is 150 Å². The molecule has 2 amide bonds. The van der Waals surface area contributed by atoms with Gasteiger partial charge in [-0.3, -0.25) is 19.7 Å². The number of hydrogen-bond donors (Lipinski definition) is 1. The number of anilines is 1. The third kappa shape index (κ3) is 4.35. The lowest BCUT2D eigenvalue weighted by atomic mass is 10.1. The second-order valence-electron chi connectivity index (χ2n) is 5.91. The molecule has 0 fully saturated rings. The Morgan fingerprint density at radius 3 is 2.65 bits per heavy atom. The van der Waals surface area contributed by atoms with Crippen LogP contribution in [0.2, 0.25) is 0 Å². The Bertz CT molecular complexity index is 746. The fourth-order valence-electron chi connectivity index (χ4n) is 2.83. The number of hydrogen-bond acceptors (Lipinski definition) is 6. The predicted molar refractivity (Wildman–Crippen MR) is 93.2 cm³/mol. The van der Waals surface area contributed by atoms with E-state index in [1.54, 1.807) is 6.92 Å². The van der Waals surface area contributed by atoms with E-state index in [2.05, 4.69) is 5.32 Å². The molecule has 0 radical (unpaired) electrons. The van der Waals surface area contributed by atoms with Gasteiger partial charge in [0.05, 0.1) is 4.92 Å². The maximum atomic E-state index is 12.4. The van der Waals surface area contributed by atoms with Crippen LogP contribution in [0, 0.1) is 10.1 Å².